The number of benzene rings is 2. The summed E-state index contributed by atoms with van der Waals surface area (Å²) < 4.78 is 23.9. The number of carbonyl (C=O) groups excluding carboxylic acids is 1. The third kappa shape index (κ3) is 4.81. The third-order valence-electron chi connectivity index (χ3n) is 3.28. The number of amides is 1. The number of carbonyl (C=O) groups is 1. The van der Waals surface area contributed by atoms with Crippen LogP contribution < -0.4 is 14.9 Å². The van der Waals surface area contributed by atoms with Crippen LogP contribution in [0.4, 0.5) is 4.39 Å². The average Bonchev–Trinajstić information content (AvgIpc) is 2.57. The van der Waals surface area contributed by atoms with Gasteiger partial charge >= 0.3 is 0 Å². The highest BCUT2D eigenvalue weighted by Gasteiger charge is 2.07. The maximum atomic E-state index is 13.7. The zero-order chi connectivity index (χ0) is 17.5. The number of hydrogen-bond donors (Lipinski definition) is 1. The van der Waals surface area contributed by atoms with Gasteiger partial charge in [-0.15, -0.1) is 0 Å². The first-order valence-corrected chi connectivity index (χ1v) is 7.36. The predicted octanol–water partition coefficient (Wildman–Crippen LogP) is 3.06. The quantitative estimate of drug-likeness (QED) is 0.654. The molecule has 126 valence electrons. The SMILES string of the molecule is COc1ccc(/C(C)=N\NC(=O)COc2cccc(C)c2)cc1F. The standard InChI is InChI=1S/C18H19FN2O3/c1-12-5-4-6-15(9-12)24-11-18(22)21-20-13(2)14-7-8-17(23-3)16(19)10-14/h4-10H,11H2,1-3H3,(H,21,22)/b20-13-. The summed E-state index contributed by atoms with van der Waals surface area (Å²) in [6.45, 7) is 3.45. The average molecular weight is 330 g/mol. The van der Waals surface area contributed by atoms with Crippen LogP contribution in [0, 0.1) is 12.7 Å². The molecule has 0 saturated carbocycles. The minimum absolute atomic E-state index is 0.155. The van der Waals surface area contributed by atoms with Gasteiger partial charge in [0.2, 0.25) is 0 Å². The number of aryl methyl sites for hydroxylation is 1. The molecule has 0 atom stereocenters. The van der Waals surface area contributed by atoms with E-state index in [1.54, 1.807) is 19.1 Å². The molecule has 5 nitrogen and oxygen atoms in total. The summed E-state index contributed by atoms with van der Waals surface area (Å²) in [5, 5.41) is 3.95. The normalized spacial score (nSPS) is 11.1. The highest BCUT2D eigenvalue weighted by molar-refractivity contribution is 5.99. The molecule has 0 aliphatic carbocycles. The molecule has 0 spiro atoms. The monoisotopic (exact) mass is 330 g/mol. The van der Waals surface area contributed by atoms with Gasteiger partial charge in [-0.3, -0.25) is 4.79 Å². The molecule has 0 aliphatic rings. The number of hydrogen-bond acceptors (Lipinski definition) is 4. The molecule has 2 aromatic rings. The molecule has 0 radical (unpaired) electrons. The van der Waals surface area contributed by atoms with Gasteiger partial charge in [0.15, 0.2) is 18.2 Å². The lowest BCUT2D eigenvalue weighted by Crippen LogP contribution is -2.25. The van der Waals surface area contributed by atoms with Crippen LogP contribution >= 0.6 is 0 Å². The van der Waals surface area contributed by atoms with Crippen molar-refractivity contribution >= 4 is 11.6 Å². The molecule has 1 N–H and O–H groups in total. The van der Waals surface area contributed by atoms with E-state index in [2.05, 4.69) is 10.5 Å². The second-order valence-corrected chi connectivity index (χ2v) is 5.19. The van der Waals surface area contributed by atoms with Gasteiger partial charge in [0, 0.05) is 5.56 Å². The van der Waals surface area contributed by atoms with Crippen LogP contribution in [0.3, 0.4) is 0 Å². The molecule has 6 heteroatoms. The number of nitrogens with zero attached hydrogens (tertiary/aromatic N) is 1. The number of methoxy groups -OCH3 is 1. The van der Waals surface area contributed by atoms with Gasteiger partial charge in [-0.25, -0.2) is 9.82 Å². The highest BCUT2D eigenvalue weighted by atomic mass is 19.1. The largest absolute Gasteiger partial charge is 0.494 e. The smallest absolute Gasteiger partial charge is 0.277 e. The fourth-order valence-electron chi connectivity index (χ4n) is 1.99. The van der Waals surface area contributed by atoms with Crippen molar-refractivity contribution in [2.45, 2.75) is 13.8 Å². The van der Waals surface area contributed by atoms with Gasteiger partial charge in [0.25, 0.3) is 5.91 Å². The Morgan fingerprint density at radius 3 is 2.71 bits per heavy atom. The second-order valence-electron chi connectivity index (χ2n) is 5.19. The van der Waals surface area contributed by atoms with Gasteiger partial charge < -0.3 is 9.47 Å². The van der Waals surface area contributed by atoms with Gasteiger partial charge in [-0.05, 0) is 49.7 Å². The predicted molar refractivity (Wildman–Crippen MR) is 90.0 cm³/mol. The van der Waals surface area contributed by atoms with E-state index >= 15 is 0 Å². The minimum Gasteiger partial charge on any atom is -0.494 e. The van der Waals surface area contributed by atoms with Gasteiger partial charge in [0.1, 0.15) is 5.75 Å². The summed E-state index contributed by atoms with van der Waals surface area (Å²) in [6, 6.07) is 11.9. The second kappa shape index (κ2) is 8.10. The van der Waals surface area contributed by atoms with Crippen LogP contribution in [0.1, 0.15) is 18.1 Å². The zero-order valence-electron chi connectivity index (χ0n) is 13.8. The fourth-order valence-corrected chi connectivity index (χ4v) is 1.99. The summed E-state index contributed by atoms with van der Waals surface area (Å²) >= 11 is 0. The molecular weight excluding hydrogens is 311 g/mol. The Hall–Kier alpha value is -2.89. The van der Waals surface area contributed by atoms with E-state index < -0.39 is 11.7 Å². The van der Waals surface area contributed by atoms with E-state index in [9.17, 15) is 9.18 Å². The first kappa shape index (κ1) is 17.5. The maximum absolute atomic E-state index is 13.7. The van der Waals surface area contributed by atoms with Gasteiger partial charge in [-0.1, -0.05) is 12.1 Å². The minimum atomic E-state index is -0.487. The molecule has 0 heterocycles. The molecule has 24 heavy (non-hydrogen) atoms. The molecule has 0 fully saturated rings. The molecular formula is C18H19FN2O3. The van der Waals surface area contributed by atoms with Gasteiger partial charge in [-0.2, -0.15) is 5.10 Å². The summed E-state index contributed by atoms with van der Waals surface area (Å²) in [5.41, 5.74) is 4.45. The number of nitrogens with one attached hydrogen (secondary N) is 1. The van der Waals surface area contributed by atoms with Crippen molar-refractivity contribution in [3.63, 3.8) is 0 Å². The van der Waals surface area contributed by atoms with Gasteiger partial charge in [0.05, 0.1) is 12.8 Å². The first-order valence-electron chi connectivity index (χ1n) is 7.36. The lowest BCUT2D eigenvalue weighted by molar-refractivity contribution is -0.123. The molecule has 2 aromatic carbocycles. The summed E-state index contributed by atoms with van der Waals surface area (Å²) in [7, 11) is 1.40. The molecule has 0 aromatic heterocycles. The molecule has 2 rings (SSSR count). The van der Waals surface area contributed by atoms with Crippen LogP contribution in [0.25, 0.3) is 0 Å². The van der Waals surface area contributed by atoms with Crippen molar-refractivity contribution in [3.05, 3.63) is 59.4 Å². The van der Waals surface area contributed by atoms with Crippen LogP contribution in [-0.4, -0.2) is 25.3 Å². The maximum Gasteiger partial charge on any atom is 0.277 e. The van der Waals surface area contributed by atoms with Crippen molar-refractivity contribution < 1.29 is 18.7 Å². The van der Waals surface area contributed by atoms with E-state index in [4.69, 9.17) is 9.47 Å². The molecule has 0 bridgehead atoms. The Balaban J connectivity index is 1.91. The molecule has 0 saturated heterocycles. The Morgan fingerprint density at radius 1 is 1.25 bits per heavy atom. The number of hydrazone groups is 1. The fraction of sp³-hybridized carbons (Fsp3) is 0.222. The Morgan fingerprint density at radius 2 is 2.04 bits per heavy atom. The van der Waals surface area contributed by atoms with Crippen molar-refractivity contribution in [3.8, 4) is 11.5 Å². The molecule has 0 unspecified atom stereocenters. The summed E-state index contributed by atoms with van der Waals surface area (Å²) in [4.78, 5) is 11.8. The first-order chi connectivity index (χ1) is 11.5. The van der Waals surface area contributed by atoms with Crippen LogP contribution in [0.15, 0.2) is 47.6 Å². The molecule has 1 amide bonds. The van der Waals surface area contributed by atoms with Crippen molar-refractivity contribution in [2.75, 3.05) is 13.7 Å². The van der Waals surface area contributed by atoms with E-state index in [0.29, 0.717) is 17.0 Å². The van der Waals surface area contributed by atoms with E-state index in [-0.39, 0.29) is 12.4 Å². The van der Waals surface area contributed by atoms with Crippen LogP contribution in [0.2, 0.25) is 0 Å². The Bertz CT molecular complexity index is 760. The van der Waals surface area contributed by atoms with E-state index in [1.165, 1.54) is 19.2 Å². The zero-order valence-corrected chi connectivity index (χ0v) is 13.8. The van der Waals surface area contributed by atoms with Crippen molar-refractivity contribution in [2.24, 2.45) is 5.10 Å². The number of rotatable bonds is 6. The number of halogens is 1. The highest BCUT2D eigenvalue weighted by Crippen LogP contribution is 2.18. The van der Waals surface area contributed by atoms with E-state index in [1.807, 2.05) is 25.1 Å². The molecule has 0 aliphatic heterocycles. The number of ether oxygens (including phenoxy) is 2. The lowest BCUT2D eigenvalue weighted by atomic mass is 10.1. The van der Waals surface area contributed by atoms with Crippen molar-refractivity contribution in [1.29, 1.82) is 0 Å². The van der Waals surface area contributed by atoms with Crippen molar-refractivity contribution in [1.82, 2.24) is 5.43 Å². The topological polar surface area (TPSA) is 59.9 Å². The van der Waals surface area contributed by atoms with E-state index in [0.717, 1.165) is 5.56 Å². The Kier molecular flexibility index (Phi) is 5.89. The lowest BCUT2D eigenvalue weighted by Gasteiger charge is -2.07. The van der Waals surface area contributed by atoms with Crippen LogP contribution in [-0.2, 0) is 4.79 Å². The van der Waals surface area contributed by atoms with Crippen LogP contribution in [0.5, 0.6) is 11.5 Å². The Labute approximate surface area is 140 Å². The summed E-state index contributed by atoms with van der Waals surface area (Å²) in [6.07, 6.45) is 0. The third-order valence-corrected chi connectivity index (χ3v) is 3.28. The summed E-state index contributed by atoms with van der Waals surface area (Å²) in [5.74, 6) is -0.117.